The molecule has 0 fully saturated rings. The lowest BCUT2D eigenvalue weighted by atomic mass is 10.1. The Morgan fingerprint density at radius 1 is 1.08 bits per heavy atom. The predicted molar refractivity (Wildman–Crippen MR) is 91.1 cm³/mol. The topological polar surface area (TPSA) is 58.2 Å². The van der Waals surface area contributed by atoms with Crippen molar-refractivity contribution in [2.24, 2.45) is 0 Å². The second kappa shape index (κ2) is 7.69. The number of rotatable bonds is 4. The van der Waals surface area contributed by atoms with Gasteiger partial charge in [0.05, 0.1) is 5.56 Å². The lowest BCUT2D eigenvalue weighted by molar-refractivity contribution is -0.138. The average molecular weight is 415 g/mol. The van der Waals surface area contributed by atoms with Gasteiger partial charge in [-0.1, -0.05) is 34.1 Å². The van der Waals surface area contributed by atoms with Gasteiger partial charge in [0.1, 0.15) is 6.04 Å². The molecule has 0 radical (unpaired) electrons. The summed E-state index contributed by atoms with van der Waals surface area (Å²) in [5, 5.41) is 4.85. The Morgan fingerprint density at radius 3 is 2.32 bits per heavy atom. The van der Waals surface area contributed by atoms with E-state index in [9.17, 15) is 22.8 Å². The molecule has 0 aliphatic heterocycles. The summed E-state index contributed by atoms with van der Waals surface area (Å²) < 4.78 is 38.5. The standard InChI is InChI=1S/C17H14BrF3N2O2/c1-10(22-16(25)11-5-3-2-4-6-11)15(24)23-12-7-8-14(18)13(9-12)17(19,20)21/h2-10H,1H3,(H,22,25)(H,23,24). The minimum absolute atomic E-state index is 0.0127. The maximum Gasteiger partial charge on any atom is 0.417 e. The van der Waals surface area contributed by atoms with E-state index in [1.165, 1.54) is 19.1 Å². The smallest absolute Gasteiger partial charge is 0.341 e. The summed E-state index contributed by atoms with van der Waals surface area (Å²) in [6.07, 6.45) is -4.55. The highest BCUT2D eigenvalue weighted by molar-refractivity contribution is 9.10. The van der Waals surface area contributed by atoms with E-state index in [1.54, 1.807) is 30.3 Å². The molecule has 8 heteroatoms. The normalized spacial score (nSPS) is 12.4. The molecule has 2 rings (SSSR count). The summed E-state index contributed by atoms with van der Waals surface area (Å²) in [7, 11) is 0. The van der Waals surface area contributed by atoms with E-state index in [4.69, 9.17) is 0 Å². The van der Waals surface area contributed by atoms with E-state index >= 15 is 0 Å². The Morgan fingerprint density at radius 2 is 1.72 bits per heavy atom. The van der Waals surface area contributed by atoms with Crippen LogP contribution in [0.1, 0.15) is 22.8 Å². The summed E-state index contributed by atoms with van der Waals surface area (Å²) in [5.74, 6) is -1.07. The molecular formula is C17H14BrF3N2O2. The molecule has 0 saturated carbocycles. The van der Waals surface area contributed by atoms with E-state index in [-0.39, 0.29) is 10.2 Å². The van der Waals surface area contributed by atoms with Crippen molar-refractivity contribution in [3.63, 3.8) is 0 Å². The molecule has 0 bridgehead atoms. The number of alkyl halides is 3. The third kappa shape index (κ3) is 5.06. The fourth-order valence-corrected chi connectivity index (χ4v) is 2.48. The van der Waals surface area contributed by atoms with Crippen molar-refractivity contribution in [3.05, 3.63) is 64.1 Å². The van der Waals surface area contributed by atoms with Crippen molar-refractivity contribution < 1.29 is 22.8 Å². The molecule has 2 N–H and O–H groups in total. The second-order valence-electron chi connectivity index (χ2n) is 5.24. The first-order valence-electron chi connectivity index (χ1n) is 7.22. The van der Waals surface area contributed by atoms with Crippen LogP contribution in [0.5, 0.6) is 0 Å². The van der Waals surface area contributed by atoms with E-state index in [0.717, 1.165) is 6.07 Å². The zero-order valence-electron chi connectivity index (χ0n) is 13.0. The van der Waals surface area contributed by atoms with Gasteiger partial charge in [0.15, 0.2) is 0 Å². The Labute approximate surface area is 150 Å². The van der Waals surface area contributed by atoms with Crippen molar-refractivity contribution in [1.29, 1.82) is 0 Å². The SMILES string of the molecule is CC(NC(=O)c1ccccc1)C(=O)Nc1ccc(Br)c(C(F)(F)F)c1. The molecule has 1 unspecified atom stereocenters. The molecule has 4 nitrogen and oxygen atoms in total. The zero-order valence-corrected chi connectivity index (χ0v) is 14.6. The molecule has 2 amide bonds. The van der Waals surface area contributed by atoms with Crippen LogP contribution in [0, 0.1) is 0 Å². The lowest BCUT2D eigenvalue weighted by Crippen LogP contribution is -2.41. The van der Waals surface area contributed by atoms with E-state index in [0.29, 0.717) is 5.56 Å². The van der Waals surface area contributed by atoms with Crippen LogP contribution in [0.25, 0.3) is 0 Å². The Balaban J connectivity index is 2.05. The van der Waals surface area contributed by atoms with Gasteiger partial charge in [0.25, 0.3) is 5.91 Å². The number of hydrogen-bond acceptors (Lipinski definition) is 2. The first kappa shape index (κ1) is 19.0. The monoisotopic (exact) mass is 414 g/mol. The van der Waals surface area contributed by atoms with Gasteiger partial charge in [-0.15, -0.1) is 0 Å². The third-order valence-electron chi connectivity index (χ3n) is 3.32. The highest BCUT2D eigenvalue weighted by Gasteiger charge is 2.33. The van der Waals surface area contributed by atoms with Crippen LogP contribution in [0.2, 0.25) is 0 Å². The number of nitrogens with one attached hydrogen (secondary N) is 2. The van der Waals surface area contributed by atoms with Crippen LogP contribution in [0.15, 0.2) is 53.0 Å². The van der Waals surface area contributed by atoms with Crippen molar-refractivity contribution in [3.8, 4) is 0 Å². The molecule has 0 heterocycles. The minimum Gasteiger partial charge on any atom is -0.341 e. The number of anilines is 1. The number of amides is 2. The Kier molecular flexibility index (Phi) is 5.84. The molecule has 25 heavy (non-hydrogen) atoms. The van der Waals surface area contributed by atoms with Gasteiger partial charge >= 0.3 is 6.18 Å². The number of carbonyl (C=O) groups is 2. The number of hydrogen-bond donors (Lipinski definition) is 2. The van der Waals surface area contributed by atoms with Gasteiger partial charge in [-0.2, -0.15) is 13.2 Å². The largest absolute Gasteiger partial charge is 0.417 e. The molecule has 0 saturated heterocycles. The molecule has 2 aromatic carbocycles. The van der Waals surface area contributed by atoms with E-state index in [1.807, 2.05) is 0 Å². The fraction of sp³-hybridized carbons (Fsp3) is 0.176. The van der Waals surface area contributed by atoms with Gasteiger partial charge in [0, 0.05) is 15.7 Å². The maximum absolute atomic E-state index is 12.9. The number of halogens is 4. The van der Waals surface area contributed by atoms with Crippen LogP contribution in [0.4, 0.5) is 18.9 Å². The molecule has 0 aliphatic rings. The van der Waals surface area contributed by atoms with Crippen LogP contribution >= 0.6 is 15.9 Å². The number of benzene rings is 2. The number of carbonyl (C=O) groups excluding carboxylic acids is 2. The quantitative estimate of drug-likeness (QED) is 0.786. The summed E-state index contributed by atoms with van der Waals surface area (Å²) in [5.41, 5.74) is -0.530. The van der Waals surface area contributed by atoms with Gasteiger partial charge in [-0.25, -0.2) is 0 Å². The first-order valence-corrected chi connectivity index (χ1v) is 8.01. The average Bonchev–Trinajstić information content (AvgIpc) is 2.56. The molecule has 2 aromatic rings. The van der Waals surface area contributed by atoms with Crippen molar-refractivity contribution in [2.45, 2.75) is 19.1 Å². The molecule has 1 atom stereocenters. The third-order valence-corrected chi connectivity index (χ3v) is 4.01. The van der Waals surface area contributed by atoms with Crippen LogP contribution in [-0.2, 0) is 11.0 Å². The van der Waals surface area contributed by atoms with Crippen molar-refractivity contribution in [2.75, 3.05) is 5.32 Å². The van der Waals surface area contributed by atoms with Crippen LogP contribution < -0.4 is 10.6 Å². The summed E-state index contributed by atoms with van der Waals surface area (Å²) in [6.45, 7) is 1.44. The van der Waals surface area contributed by atoms with Gasteiger partial charge in [-0.3, -0.25) is 9.59 Å². The van der Waals surface area contributed by atoms with Gasteiger partial charge in [-0.05, 0) is 37.3 Å². The minimum atomic E-state index is -4.55. The maximum atomic E-state index is 12.9. The lowest BCUT2D eigenvalue weighted by Gasteiger charge is -2.16. The molecular weight excluding hydrogens is 401 g/mol. The highest BCUT2D eigenvalue weighted by atomic mass is 79.9. The summed E-state index contributed by atoms with van der Waals surface area (Å²) in [6, 6.07) is 10.7. The van der Waals surface area contributed by atoms with Crippen molar-refractivity contribution in [1.82, 2.24) is 5.32 Å². The zero-order chi connectivity index (χ0) is 18.6. The molecule has 0 aromatic heterocycles. The van der Waals surface area contributed by atoms with Gasteiger partial charge < -0.3 is 10.6 Å². The Hall–Kier alpha value is -2.35. The van der Waals surface area contributed by atoms with Crippen molar-refractivity contribution >= 4 is 33.4 Å². The second-order valence-corrected chi connectivity index (χ2v) is 6.10. The van der Waals surface area contributed by atoms with Crippen LogP contribution in [0.3, 0.4) is 0 Å². The highest BCUT2D eigenvalue weighted by Crippen LogP contribution is 2.36. The summed E-state index contributed by atoms with van der Waals surface area (Å²) >= 11 is 2.83. The Bertz CT molecular complexity index is 779. The molecule has 132 valence electrons. The van der Waals surface area contributed by atoms with Gasteiger partial charge in [0.2, 0.25) is 5.91 Å². The van der Waals surface area contributed by atoms with Crippen LogP contribution in [-0.4, -0.2) is 17.9 Å². The summed E-state index contributed by atoms with van der Waals surface area (Å²) in [4.78, 5) is 24.1. The molecule has 0 spiro atoms. The molecule has 0 aliphatic carbocycles. The van der Waals surface area contributed by atoms with E-state index in [2.05, 4.69) is 26.6 Å². The fourth-order valence-electron chi connectivity index (χ4n) is 2.01. The van der Waals surface area contributed by atoms with E-state index < -0.39 is 29.6 Å². The first-order chi connectivity index (χ1) is 11.7. The predicted octanol–water partition coefficient (Wildman–Crippen LogP) is 4.22.